The van der Waals surface area contributed by atoms with Crippen molar-refractivity contribution < 1.29 is 14.3 Å². The minimum Gasteiger partial charge on any atom is -0.497 e. The van der Waals surface area contributed by atoms with Crippen LogP contribution in [0.1, 0.15) is 45.5 Å². The maximum atomic E-state index is 12.7. The summed E-state index contributed by atoms with van der Waals surface area (Å²) in [4.78, 5) is 23.6. The van der Waals surface area contributed by atoms with Crippen LogP contribution >= 0.6 is 11.3 Å². The van der Waals surface area contributed by atoms with Crippen LogP contribution in [0.5, 0.6) is 11.5 Å². The van der Waals surface area contributed by atoms with Crippen molar-refractivity contribution in [3.8, 4) is 11.5 Å². The fraction of sp³-hybridized carbons (Fsp3) is 0.381. The Morgan fingerprint density at radius 3 is 2.57 bits per heavy atom. The molecule has 0 atom stereocenters. The van der Waals surface area contributed by atoms with Gasteiger partial charge in [0.05, 0.1) is 24.2 Å². The van der Waals surface area contributed by atoms with Gasteiger partial charge in [-0.05, 0) is 56.5 Å². The van der Waals surface area contributed by atoms with Crippen LogP contribution in [-0.4, -0.2) is 36.1 Å². The third kappa shape index (κ3) is 3.80. The molecule has 2 aromatic heterocycles. The molecule has 1 aliphatic rings. The van der Waals surface area contributed by atoms with Crippen LogP contribution in [0, 0.1) is 13.8 Å². The minimum absolute atomic E-state index is 0.0915. The standard InChI is InChI=1S/C21H23N3O3S/c1-12-17-13(2)23-19(14-4-5-14)24-21(17)28-18(12)20(25)22-10-11-27-16-8-6-15(26-3)7-9-16/h6-9,14H,4-5,10-11H2,1-3H3,(H,22,25). The number of carbonyl (C=O) groups is 1. The van der Waals surface area contributed by atoms with Crippen molar-refractivity contribution in [3.05, 3.63) is 46.2 Å². The third-order valence-corrected chi connectivity index (χ3v) is 6.04. The molecule has 2 heterocycles. The molecule has 1 fully saturated rings. The molecule has 0 radical (unpaired) electrons. The van der Waals surface area contributed by atoms with Gasteiger partial charge in [-0.3, -0.25) is 4.79 Å². The summed E-state index contributed by atoms with van der Waals surface area (Å²) in [6.45, 7) is 4.79. The number of amides is 1. The third-order valence-electron chi connectivity index (χ3n) is 4.85. The summed E-state index contributed by atoms with van der Waals surface area (Å²) < 4.78 is 10.8. The number of aromatic nitrogens is 2. The van der Waals surface area contributed by atoms with Crippen LogP contribution in [0.3, 0.4) is 0 Å². The van der Waals surface area contributed by atoms with E-state index in [0.29, 0.717) is 23.9 Å². The van der Waals surface area contributed by atoms with Crippen molar-refractivity contribution >= 4 is 27.5 Å². The number of ether oxygens (including phenoxy) is 2. The number of hydrogen-bond donors (Lipinski definition) is 1. The van der Waals surface area contributed by atoms with Gasteiger partial charge in [-0.25, -0.2) is 9.97 Å². The molecule has 0 spiro atoms. The number of rotatable bonds is 7. The summed E-state index contributed by atoms with van der Waals surface area (Å²) in [5.41, 5.74) is 1.91. The molecule has 1 aromatic carbocycles. The minimum atomic E-state index is -0.0915. The predicted molar refractivity (Wildman–Crippen MR) is 110 cm³/mol. The highest BCUT2D eigenvalue weighted by atomic mass is 32.1. The van der Waals surface area contributed by atoms with E-state index in [2.05, 4.69) is 10.3 Å². The van der Waals surface area contributed by atoms with E-state index in [1.165, 1.54) is 11.3 Å². The van der Waals surface area contributed by atoms with Crippen molar-refractivity contribution in [2.75, 3.05) is 20.3 Å². The van der Waals surface area contributed by atoms with Crippen molar-refractivity contribution in [2.24, 2.45) is 0 Å². The largest absolute Gasteiger partial charge is 0.497 e. The molecular formula is C21H23N3O3S. The first kappa shape index (κ1) is 18.7. The molecule has 0 bridgehead atoms. The fourth-order valence-electron chi connectivity index (χ4n) is 3.19. The number of methoxy groups -OCH3 is 1. The number of hydrogen-bond acceptors (Lipinski definition) is 6. The number of nitrogens with one attached hydrogen (secondary N) is 1. The summed E-state index contributed by atoms with van der Waals surface area (Å²) in [5.74, 6) is 2.85. The van der Waals surface area contributed by atoms with Gasteiger partial charge >= 0.3 is 0 Å². The number of nitrogens with zero attached hydrogens (tertiary/aromatic N) is 2. The second-order valence-electron chi connectivity index (χ2n) is 6.96. The Morgan fingerprint density at radius 2 is 1.89 bits per heavy atom. The number of carbonyl (C=O) groups excluding carboxylic acids is 1. The topological polar surface area (TPSA) is 73.3 Å². The van der Waals surface area contributed by atoms with Gasteiger partial charge in [0.25, 0.3) is 5.91 Å². The lowest BCUT2D eigenvalue weighted by Gasteiger charge is -2.08. The van der Waals surface area contributed by atoms with Crippen molar-refractivity contribution in [3.63, 3.8) is 0 Å². The maximum absolute atomic E-state index is 12.7. The molecule has 1 amide bonds. The number of thiophene rings is 1. The zero-order valence-electron chi connectivity index (χ0n) is 16.2. The van der Waals surface area contributed by atoms with Crippen LogP contribution in [0.2, 0.25) is 0 Å². The Hall–Kier alpha value is -2.67. The quantitative estimate of drug-likeness (QED) is 0.610. The second-order valence-corrected chi connectivity index (χ2v) is 7.96. The van der Waals surface area contributed by atoms with E-state index in [9.17, 15) is 4.79 Å². The fourth-order valence-corrected chi connectivity index (χ4v) is 4.34. The van der Waals surface area contributed by atoms with Crippen LogP contribution < -0.4 is 14.8 Å². The first-order chi connectivity index (χ1) is 13.6. The number of fused-ring (bicyclic) bond motifs is 1. The zero-order chi connectivity index (χ0) is 19.7. The molecule has 1 saturated carbocycles. The molecule has 0 saturated heterocycles. The zero-order valence-corrected chi connectivity index (χ0v) is 17.1. The van der Waals surface area contributed by atoms with E-state index >= 15 is 0 Å². The first-order valence-corrected chi connectivity index (χ1v) is 10.2. The SMILES string of the molecule is COc1ccc(OCCNC(=O)c2sc3nc(C4CC4)nc(C)c3c2C)cc1. The average molecular weight is 398 g/mol. The van der Waals surface area contributed by atoms with E-state index in [1.807, 2.05) is 38.1 Å². The van der Waals surface area contributed by atoms with Crippen LogP contribution in [0.25, 0.3) is 10.2 Å². The summed E-state index contributed by atoms with van der Waals surface area (Å²) >= 11 is 1.45. The van der Waals surface area contributed by atoms with Gasteiger partial charge in [-0.15, -0.1) is 11.3 Å². The van der Waals surface area contributed by atoms with Crippen LogP contribution in [0.4, 0.5) is 0 Å². The lowest BCUT2D eigenvalue weighted by atomic mass is 10.1. The summed E-state index contributed by atoms with van der Waals surface area (Å²) in [7, 11) is 1.63. The maximum Gasteiger partial charge on any atom is 0.261 e. The Morgan fingerprint density at radius 1 is 1.18 bits per heavy atom. The number of benzene rings is 1. The molecule has 3 aromatic rings. The average Bonchev–Trinajstić information content (AvgIpc) is 3.49. The highest BCUT2D eigenvalue weighted by molar-refractivity contribution is 7.20. The Bertz CT molecular complexity index is 1010. The van der Waals surface area contributed by atoms with Gasteiger partial charge < -0.3 is 14.8 Å². The van der Waals surface area contributed by atoms with Crippen LogP contribution in [-0.2, 0) is 0 Å². The van der Waals surface area contributed by atoms with Crippen LogP contribution in [0.15, 0.2) is 24.3 Å². The van der Waals surface area contributed by atoms with E-state index in [4.69, 9.17) is 14.5 Å². The highest BCUT2D eigenvalue weighted by Crippen LogP contribution is 2.40. The van der Waals surface area contributed by atoms with E-state index in [-0.39, 0.29) is 5.91 Å². The van der Waals surface area contributed by atoms with E-state index < -0.39 is 0 Å². The van der Waals surface area contributed by atoms with Gasteiger partial charge in [-0.1, -0.05) is 0 Å². The molecule has 7 heteroatoms. The molecule has 1 N–H and O–H groups in total. The molecule has 0 aliphatic heterocycles. The Balaban J connectivity index is 1.39. The van der Waals surface area contributed by atoms with Crippen molar-refractivity contribution in [1.29, 1.82) is 0 Å². The van der Waals surface area contributed by atoms with E-state index in [1.54, 1.807) is 7.11 Å². The second kappa shape index (κ2) is 7.75. The Labute approximate surface area is 167 Å². The smallest absolute Gasteiger partial charge is 0.261 e. The normalized spacial score (nSPS) is 13.5. The van der Waals surface area contributed by atoms with Crippen molar-refractivity contribution in [2.45, 2.75) is 32.6 Å². The van der Waals surface area contributed by atoms with Gasteiger partial charge in [0.1, 0.15) is 28.8 Å². The van der Waals surface area contributed by atoms with Gasteiger partial charge in [0.2, 0.25) is 0 Å². The molecular weight excluding hydrogens is 374 g/mol. The number of aryl methyl sites for hydroxylation is 2. The highest BCUT2D eigenvalue weighted by Gasteiger charge is 2.28. The summed E-state index contributed by atoms with van der Waals surface area (Å²) in [5, 5.41) is 3.94. The summed E-state index contributed by atoms with van der Waals surface area (Å²) in [6, 6.07) is 7.37. The predicted octanol–water partition coefficient (Wildman–Crippen LogP) is 4.00. The lowest BCUT2D eigenvalue weighted by molar-refractivity contribution is 0.0950. The Kier molecular flexibility index (Phi) is 5.17. The van der Waals surface area contributed by atoms with E-state index in [0.717, 1.165) is 51.6 Å². The molecule has 0 unspecified atom stereocenters. The van der Waals surface area contributed by atoms with Gasteiger partial charge in [-0.2, -0.15) is 0 Å². The first-order valence-electron chi connectivity index (χ1n) is 9.39. The van der Waals surface area contributed by atoms with Gasteiger partial charge in [0.15, 0.2) is 0 Å². The molecule has 4 rings (SSSR count). The lowest BCUT2D eigenvalue weighted by Crippen LogP contribution is -2.27. The van der Waals surface area contributed by atoms with Crippen molar-refractivity contribution in [1.82, 2.24) is 15.3 Å². The molecule has 28 heavy (non-hydrogen) atoms. The molecule has 146 valence electrons. The monoisotopic (exact) mass is 397 g/mol. The van der Waals surface area contributed by atoms with Gasteiger partial charge in [0, 0.05) is 11.3 Å². The molecule has 6 nitrogen and oxygen atoms in total. The summed E-state index contributed by atoms with van der Waals surface area (Å²) in [6.07, 6.45) is 2.33. The molecule has 1 aliphatic carbocycles.